The van der Waals surface area contributed by atoms with Crippen molar-refractivity contribution < 1.29 is 5.11 Å². The Balaban J connectivity index is 3.00. The Bertz CT molecular complexity index is 270. The summed E-state index contributed by atoms with van der Waals surface area (Å²) in [7, 11) is 0. The van der Waals surface area contributed by atoms with Gasteiger partial charge in [-0.15, -0.1) is 10.2 Å². The Hall–Kier alpha value is -0.900. The lowest BCUT2D eigenvalue weighted by Gasteiger charge is -2.10. The van der Waals surface area contributed by atoms with Gasteiger partial charge >= 0.3 is 0 Å². The second-order valence-electron chi connectivity index (χ2n) is 3.19. The number of hydrogen-bond acceptors (Lipinski definition) is 3. The summed E-state index contributed by atoms with van der Waals surface area (Å²) in [6.45, 7) is 7.07. The van der Waals surface area contributed by atoms with E-state index in [2.05, 4.69) is 24.0 Å². The molecule has 13 heavy (non-hydrogen) atoms. The summed E-state index contributed by atoms with van der Waals surface area (Å²) in [4.78, 5) is 0. The van der Waals surface area contributed by atoms with Crippen molar-refractivity contribution in [3.05, 3.63) is 11.6 Å². The smallest absolute Gasteiger partial charge is 0.158 e. The lowest BCUT2D eigenvalue weighted by molar-refractivity contribution is 0.264. The fraction of sp³-hybridized carbons (Fsp3) is 0.778. The van der Waals surface area contributed by atoms with Crippen LogP contribution < -0.4 is 0 Å². The second kappa shape index (κ2) is 4.37. The van der Waals surface area contributed by atoms with Crippen molar-refractivity contribution in [3.8, 4) is 0 Å². The van der Waals surface area contributed by atoms with Gasteiger partial charge in [-0.3, -0.25) is 0 Å². The summed E-state index contributed by atoms with van der Waals surface area (Å²) in [6, 6.07) is 0. The molecule has 4 heteroatoms. The third kappa shape index (κ3) is 1.88. The largest absolute Gasteiger partial charge is 0.388 e. The van der Waals surface area contributed by atoms with E-state index in [0.29, 0.717) is 11.7 Å². The average Bonchev–Trinajstić information content (AvgIpc) is 2.58. The van der Waals surface area contributed by atoms with Gasteiger partial charge in [0.25, 0.3) is 0 Å². The van der Waals surface area contributed by atoms with Gasteiger partial charge in [0, 0.05) is 12.5 Å². The van der Waals surface area contributed by atoms with E-state index in [1.165, 1.54) is 0 Å². The van der Waals surface area contributed by atoms with Crippen LogP contribution in [0.1, 0.15) is 44.8 Å². The summed E-state index contributed by atoms with van der Waals surface area (Å²) in [5.41, 5.74) is 0. The molecule has 0 saturated heterocycles. The van der Waals surface area contributed by atoms with Gasteiger partial charge in [-0.2, -0.15) is 0 Å². The van der Waals surface area contributed by atoms with Gasteiger partial charge in [-0.25, -0.2) is 0 Å². The van der Waals surface area contributed by atoms with Gasteiger partial charge in [0.2, 0.25) is 0 Å². The Morgan fingerprint density at radius 3 is 2.54 bits per heavy atom. The minimum Gasteiger partial charge on any atom is -0.388 e. The van der Waals surface area contributed by atoms with Gasteiger partial charge in [0.15, 0.2) is 5.82 Å². The molecule has 1 unspecified atom stereocenters. The minimum atomic E-state index is -0.0305. The van der Waals surface area contributed by atoms with E-state index >= 15 is 0 Å². The van der Waals surface area contributed by atoms with E-state index in [4.69, 9.17) is 5.11 Å². The fourth-order valence-corrected chi connectivity index (χ4v) is 1.36. The highest BCUT2D eigenvalue weighted by Gasteiger charge is 2.14. The minimum absolute atomic E-state index is 0.0305. The highest BCUT2D eigenvalue weighted by atomic mass is 16.3. The highest BCUT2D eigenvalue weighted by Crippen LogP contribution is 2.17. The predicted molar refractivity (Wildman–Crippen MR) is 50.3 cm³/mol. The van der Waals surface area contributed by atoms with Crippen molar-refractivity contribution in [2.24, 2.45) is 0 Å². The molecule has 0 aromatic carbocycles. The molecule has 0 aliphatic carbocycles. The van der Waals surface area contributed by atoms with E-state index in [1.54, 1.807) is 0 Å². The molecule has 0 radical (unpaired) electrons. The van der Waals surface area contributed by atoms with E-state index in [9.17, 15) is 0 Å². The van der Waals surface area contributed by atoms with Gasteiger partial charge < -0.3 is 9.67 Å². The van der Waals surface area contributed by atoms with Crippen molar-refractivity contribution in [1.82, 2.24) is 14.8 Å². The zero-order valence-corrected chi connectivity index (χ0v) is 8.49. The first-order valence-electron chi connectivity index (χ1n) is 4.77. The third-order valence-corrected chi connectivity index (χ3v) is 2.37. The average molecular weight is 183 g/mol. The SMILES string of the molecule is CCC(C)c1nnc(CO)n1CC. The molecule has 1 rings (SSSR count). The summed E-state index contributed by atoms with van der Waals surface area (Å²) in [5, 5.41) is 17.0. The van der Waals surface area contributed by atoms with E-state index in [1.807, 2.05) is 11.5 Å². The maximum atomic E-state index is 8.99. The van der Waals surface area contributed by atoms with Crippen molar-refractivity contribution >= 4 is 0 Å². The Kier molecular flexibility index (Phi) is 3.42. The third-order valence-electron chi connectivity index (χ3n) is 2.37. The molecule has 0 aliphatic heterocycles. The molecule has 1 atom stereocenters. The van der Waals surface area contributed by atoms with Gasteiger partial charge in [-0.05, 0) is 13.3 Å². The molecule has 0 fully saturated rings. The van der Waals surface area contributed by atoms with Crippen LogP contribution in [0.3, 0.4) is 0 Å². The van der Waals surface area contributed by atoms with Crippen LogP contribution in [0.5, 0.6) is 0 Å². The number of aliphatic hydroxyl groups is 1. The highest BCUT2D eigenvalue weighted by molar-refractivity contribution is 4.99. The van der Waals surface area contributed by atoms with E-state index in [-0.39, 0.29) is 6.61 Å². The van der Waals surface area contributed by atoms with Crippen LogP contribution in [0.25, 0.3) is 0 Å². The summed E-state index contributed by atoms with van der Waals surface area (Å²) in [6.07, 6.45) is 1.05. The topological polar surface area (TPSA) is 50.9 Å². The normalized spacial score (nSPS) is 13.2. The number of nitrogens with zero attached hydrogens (tertiary/aromatic N) is 3. The van der Waals surface area contributed by atoms with Crippen LogP contribution >= 0.6 is 0 Å². The standard InChI is InChI=1S/C9H17N3O/c1-4-7(3)9-11-10-8(6-13)12(9)5-2/h7,13H,4-6H2,1-3H3. The van der Waals surface area contributed by atoms with Crippen LogP contribution in [0.4, 0.5) is 0 Å². The van der Waals surface area contributed by atoms with Crippen molar-refractivity contribution in [2.45, 2.75) is 46.3 Å². The first-order valence-corrected chi connectivity index (χ1v) is 4.77. The predicted octanol–water partition coefficient (Wildman–Crippen LogP) is 1.30. The van der Waals surface area contributed by atoms with E-state index in [0.717, 1.165) is 18.8 Å². The molecule has 74 valence electrons. The molecule has 0 saturated carbocycles. The maximum absolute atomic E-state index is 8.99. The number of rotatable bonds is 4. The van der Waals surface area contributed by atoms with E-state index < -0.39 is 0 Å². The lowest BCUT2D eigenvalue weighted by atomic mass is 10.1. The molecular weight excluding hydrogens is 166 g/mol. The quantitative estimate of drug-likeness (QED) is 0.765. The molecule has 1 N–H and O–H groups in total. The second-order valence-corrected chi connectivity index (χ2v) is 3.19. The fourth-order valence-electron chi connectivity index (χ4n) is 1.36. The van der Waals surface area contributed by atoms with Gasteiger partial charge in [0.1, 0.15) is 12.4 Å². The first-order chi connectivity index (χ1) is 6.24. The van der Waals surface area contributed by atoms with Gasteiger partial charge in [0.05, 0.1) is 0 Å². The summed E-state index contributed by atoms with van der Waals surface area (Å²) >= 11 is 0. The monoisotopic (exact) mass is 183 g/mol. The molecular formula is C9H17N3O. The van der Waals surface area contributed by atoms with Crippen LogP contribution in [-0.4, -0.2) is 19.9 Å². The maximum Gasteiger partial charge on any atom is 0.158 e. The Morgan fingerprint density at radius 2 is 2.08 bits per heavy atom. The summed E-state index contributed by atoms with van der Waals surface area (Å²) < 4.78 is 1.98. The zero-order chi connectivity index (χ0) is 9.84. The molecule has 0 amide bonds. The first kappa shape index (κ1) is 10.2. The van der Waals surface area contributed by atoms with Crippen LogP contribution in [0.15, 0.2) is 0 Å². The molecule has 1 aromatic rings. The van der Waals surface area contributed by atoms with Crippen molar-refractivity contribution in [2.75, 3.05) is 0 Å². The van der Waals surface area contributed by atoms with Crippen LogP contribution in [0, 0.1) is 0 Å². The molecule has 0 bridgehead atoms. The van der Waals surface area contributed by atoms with Crippen molar-refractivity contribution in [3.63, 3.8) is 0 Å². The molecule has 4 nitrogen and oxygen atoms in total. The van der Waals surface area contributed by atoms with Gasteiger partial charge in [-0.1, -0.05) is 13.8 Å². The summed E-state index contributed by atoms with van der Waals surface area (Å²) in [5.74, 6) is 2.06. The number of aliphatic hydroxyl groups excluding tert-OH is 1. The number of aromatic nitrogens is 3. The molecule has 0 spiro atoms. The molecule has 1 heterocycles. The van der Waals surface area contributed by atoms with Crippen LogP contribution in [0.2, 0.25) is 0 Å². The number of hydrogen-bond donors (Lipinski definition) is 1. The molecule has 1 aromatic heterocycles. The Labute approximate surface area is 78.6 Å². The zero-order valence-electron chi connectivity index (χ0n) is 8.49. The Morgan fingerprint density at radius 1 is 1.38 bits per heavy atom. The molecule has 0 aliphatic rings. The lowest BCUT2D eigenvalue weighted by Crippen LogP contribution is -2.08. The van der Waals surface area contributed by atoms with Crippen LogP contribution in [-0.2, 0) is 13.2 Å². The van der Waals surface area contributed by atoms with Crippen molar-refractivity contribution in [1.29, 1.82) is 0 Å².